The highest BCUT2D eigenvalue weighted by molar-refractivity contribution is 5.89. The highest BCUT2D eigenvalue weighted by Crippen LogP contribution is 2.32. The SMILES string of the molecule is CC=O.CC=O.COCCCCN(CCCCOC)c1cc(NC(C)=O)ccc1OC. The minimum atomic E-state index is -0.0807. The fourth-order valence-corrected chi connectivity index (χ4v) is 2.67. The van der Waals surface area contributed by atoms with Crippen LogP contribution in [0.2, 0.25) is 0 Å². The number of hydrogen-bond donors (Lipinski definition) is 1. The third kappa shape index (κ3) is 17.0. The first-order chi connectivity index (χ1) is 14.9. The fourth-order valence-electron chi connectivity index (χ4n) is 2.67. The summed E-state index contributed by atoms with van der Waals surface area (Å²) in [5.74, 6) is 0.732. The molecular weight excluding hydrogens is 400 g/mol. The van der Waals surface area contributed by atoms with Crippen LogP contribution >= 0.6 is 0 Å². The number of aldehydes is 2. The number of anilines is 2. The second-order valence-corrected chi connectivity index (χ2v) is 6.43. The summed E-state index contributed by atoms with van der Waals surface area (Å²) in [6, 6.07) is 5.74. The zero-order chi connectivity index (χ0) is 23.9. The molecule has 0 bridgehead atoms. The number of amides is 1. The molecule has 0 aliphatic carbocycles. The molecule has 0 unspecified atom stereocenters. The van der Waals surface area contributed by atoms with Crippen LogP contribution in [-0.4, -0.2) is 66.1 Å². The first-order valence-electron chi connectivity index (χ1n) is 10.4. The molecule has 0 aromatic heterocycles. The van der Waals surface area contributed by atoms with Crippen LogP contribution in [0.3, 0.4) is 0 Å². The second-order valence-electron chi connectivity index (χ2n) is 6.43. The molecule has 8 nitrogen and oxygen atoms in total. The van der Waals surface area contributed by atoms with Crippen molar-refractivity contribution in [1.29, 1.82) is 0 Å². The summed E-state index contributed by atoms with van der Waals surface area (Å²) in [4.78, 5) is 31.3. The van der Waals surface area contributed by atoms with Crippen molar-refractivity contribution in [3.8, 4) is 5.75 Å². The maximum Gasteiger partial charge on any atom is 0.221 e. The summed E-state index contributed by atoms with van der Waals surface area (Å²) in [5, 5.41) is 2.84. The van der Waals surface area contributed by atoms with E-state index < -0.39 is 0 Å². The Bertz CT molecular complexity index is 577. The molecule has 0 fully saturated rings. The Morgan fingerprint density at radius 1 is 0.935 bits per heavy atom. The fraction of sp³-hybridized carbons (Fsp3) is 0.609. The summed E-state index contributed by atoms with van der Waals surface area (Å²) in [7, 11) is 5.12. The van der Waals surface area contributed by atoms with E-state index in [1.54, 1.807) is 21.3 Å². The molecule has 1 aromatic rings. The Kier molecular flexibility index (Phi) is 22.1. The van der Waals surface area contributed by atoms with E-state index in [4.69, 9.17) is 23.8 Å². The molecule has 8 heteroatoms. The maximum atomic E-state index is 11.4. The molecule has 0 spiro atoms. The number of rotatable bonds is 13. The average Bonchev–Trinajstić information content (AvgIpc) is 2.73. The quantitative estimate of drug-likeness (QED) is 0.369. The smallest absolute Gasteiger partial charge is 0.221 e. The molecule has 1 rings (SSSR count). The highest BCUT2D eigenvalue weighted by atomic mass is 16.5. The lowest BCUT2D eigenvalue weighted by molar-refractivity contribution is -0.114. The van der Waals surface area contributed by atoms with Gasteiger partial charge in [-0.1, -0.05) is 0 Å². The van der Waals surface area contributed by atoms with Gasteiger partial charge in [0.15, 0.2) is 0 Å². The number of unbranched alkanes of at least 4 members (excludes halogenated alkanes) is 2. The molecule has 0 aliphatic heterocycles. The van der Waals surface area contributed by atoms with Crippen LogP contribution in [0.25, 0.3) is 0 Å². The van der Waals surface area contributed by atoms with E-state index >= 15 is 0 Å². The number of hydrogen-bond acceptors (Lipinski definition) is 7. The Morgan fingerprint density at radius 2 is 1.42 bits per heavy atom. The van der Waals surface area contributed by atoms with Crippen LogP contribution in [0.4, 0.5) is 11.4 Å². The summed E-state index contributed by atoms with van der Waals surface area (Å²) in [6.07, 6.45) is 5.59. The topological polar surface area (TPSA) is 94.2 Å². The second kappa shape index (κ2) is 22.2. The van der Waals surface area contributed by atoms with Gasteiger partial charge in [0.05, 0.1) is 12.8 Å². The molecule has 1 N–H and O–H groups in total. The van der Waals surface area contributed by atoms with Gasteiger partial charge in [-0.25, -0.2) is 0 Å². The van der Waals surface area contributed by atoms with Gasteiger partial charge >= 0.3 is 0 Å². The van der Waals surface area contributed by atoms with Crippen LogP contribution in [0.5, 0.6) is 5.75 Å². The molecule has 0 radical (unpaired) electrons. The monoisotopic (exact) mass is 440 g/mol. The van der Waals surface area contributed by atoms with Crippen LogP contribution in [-0.2, 0) is 23.9 Å². The van der Waals surface area contributed by atoms with Gasteiger partial charge in [0.1, 0.15) is 18.3 Å². The van der Waals surface area contributed by atoms with Gasteiger partial charge < -0.3 is 34.0 Å². The van der Waals surface area contributed by atoms with Crippen molar-refractivity contribution in [2.75, 3.05) is 57.8 Å². The molecule has 0 saturated heterocycles. The summed E-state index contributed by atoms with van der Waals surface area (Å²) >= 11 is 0. The number of benzene rings is 1. The molecule has 0 aliphatic rings. The number of methoxy groups -OCH3 is 3. The first kappa shape index (κ1) is 30.7. The minimum Gasteiger partial charge on any atom is -0.495 e. The predicted octanol–water partition coefficient (Wildman–Crippen LogP) is 3.72. The molecule has 1 aromatic carbocycles. The Balaban J connectivity index is 0. The van der Waals surface area contributed by atoms with Crippen molar-refractivity contribution in [3.63, 3.8) is 0 Å². The lowest BCUT2D eigenvalue weighted by Crippen LogP contribution is -2.27. The summed E-state index contributed by atoms with van der Waals surface area (Å²) < 4.78 is 15.8. The van der Waals surface area contributed by atoms with Gasteiger partial charge in [-0.2, -0.15) is 0 Å². The number of nitrogens with zero attached hydrogens (tertiary/aromatic N) is 1. The summed E-state index contributed by atoms with van der Waals surface area (Å²) in [5.41, 5.74) is 1.78. The average molecular weight is 441 g/mol. The Morgan fingerprint density at radius 3 is 1.81 bits per heavy atom. The largest absolute Gasteiger partial charge is 0.495 e. The van der Waals surface area contributed by atoms with Crippen molar-refractivity contribution >= 4 is 29.9 Å². The van der Waals surface area contributed by atoms with Gasteiger partial charge in [-0.05, 0) is 57.7 Å². The maximum absolute atomic E-state index is 11.4. The number of carbonyl (C=O) groups is 3. The van der Waals surface area contributed by atoms with E-state index in [0.717, 1.165) is 81.7 Å². The molecule has 178 valence electrons. The van der Waals surface area contributed by atoms with Crippen LogP contribution in [0.1, 0.15) is 46.5 Å². The standard InChI is InChI=1S/C19H32N2O4.2C2H4O/c1-16(22)20-17-9-10-19(25-4)18(15-17)21(11-5-7-13-23-2)12-6-8-14-24-3;2*1-2-3/h9-10,15H,5-8,11-14H2,1-4H3,(H,20,22);2*2H,1H3. The van der Waals surface area contributed by atoms with Crippen LogP contribution in [0.15, 0.2) is 18.2 Å². The van der Waals surface area contributed by atoms with E-state index in [2.05, 4.69) is 10.2 Å². The molecule has 1 amide bonds. The van der Waals surface area contributed by atoms with E-state index in [1.807, 2.05) is 18.2 Å². The Hall–Kier alpha value is -2.45. The normalized spacial score (nSPS) is 9.35. The minimum absolute atomic E-state index is 0.0807. The third-order valence-electron chi connectivity index (χ3n) is 3.89. The van der Waals surface area contributed by atoms with Crippen molar-refractivity contribution in [2.45, 2.75) is 46.5 Å². The predicted molar refractivity (Wildman–Crippen MR) is 125 cm³/mol. The zero-order valence-electron chi connectivity index (χ0n) is 19.9. The van der Waals surface area contributed by atoms with E-state index in [9.17, 15) is 4.79 Å². The molecular formula is C23H40N2O6. The van der Waals surface area contributed by atoms with Gasteiger partial charge in [-0.15, -0.1) is 0 Å². The van der Waals surface area contributed by atoms with E-state index in [-0.39, 0.29) is 5.91 Å². The van der Waals surface area contributed by atoms with Crippen molar-refractivity contribution in [1.82, 2.24) is 0 Å². The van der Waals surface area contributed by atoms with Crippen LogP contribution in [0, 0.1) is 0 Å². The number of nitrogens with one attached hydrogen (secondary N) is 1. The lowest BCUT2D eigenvalue weighted by Gasteiger charge is -2.27. The summed E-state index contributed by atoms with van der Waals surface area (Å²) in [6.45, 7) is 7.75. The Labute approximate surface area is 187 Å². The highest BCUT2D eigenvalue weighted by Gasteiger charge is 2.13. The molecule has 0 heterocycles. The molecule has 31 heavy (non-hydrogen) atoms. The van der Waals surface area contributed by atoms with Gasteiger partial charge in [-0.3, -0.25) is 4.79 Å². The van der Waals surface area contributed by atoms with Crippen molar-refractivity contribution < 1.29 is 28.6 Å². The third-order valence-corrected chi connectivity index (χ3v) is 3.89. The zero-order valence-corrected chi connectivity index (χ0v) is 19.9. The molecule has 0 saturated carbocycles. The van der Waals surface area contributed by atoms with Gasteiger partial charge in [0, 0.05) is 53.1 Å². The van der Waals surface area contributed by atoms with Gasteiger partial charge in [0.2, 0.25) is 5.91 Å². The first-order valence-corrected chi connectivity index (χ1v) is 10.4. The van der Waals surface area contributed by atoms with E-state index in [0.29, 0.717) is 0 Å². The lowest BCUT2D eigenvalue weighted by atomic mass is 10.2. The van der Waals surface area contributed by atoms with Crippen molar-refractivity contribution in [2.24, 2.45) is 0 Å². The number of ether oxygens (including phenoxy) is 3. The van der Waals surface area contributed by atoms with E-state index in [1.165, 1.54) is 20.8 Å². The molecule has 0 atom stereocenters. The van der Waals surface area contributed by atoms with Crippen LogP contribution < -0.4 is 15.0 Å². The number of carbonyl (C=O) groups excluding carboxylic acids is 3. The van der Waals surface area contributed by atoms with Crippen molar-refractivity contribution in [3.05, 3.63) is 18.2 Å². The van der Waals surface area contributed by atoms with Gasteiger partial charge in [0.25, 0.3) is 0 Å².